The zero-order valence-corrected chi connectivity index (χ0v) is 12.4. The zero-order chi connectivity index (χ0) is 14.0. The maximum Gasteiger partial charge on any atom is 0.265 e. The van der Waals surface area contributed by atoms with Crippen LogP contribution >= 0.6 is 11.3 Å². The smallest absolute Gasteiger partial charge is 0.265 e. The lowest BCUT2D eigenvalue weighted by Crippen LogP contribution is -2.32. The van der Waals surface area contributed by atoms with Gasteiger partial charge in [0.25, 0.3) is 5.91 Å². The predicted octanol–water partition coefficient (Wildman–Crippen LogP) is 2.99. The van der Waals surface area contributed by atoms with Crippen molar-refractivity contribution in [1.82, 2.24) is 14.9 Å². The van der Waals surface area contributed by atoms with Gasteiger partial charge >= 0.3 is 0 Å². The summed E-state index contributed by atoms with van der Waals surface area (Å²) in [6.45, 7) is 5.85. The molecule has 2 rings (SSSR count). The number of carbonyl (C=O) groups excluding carboxylic acids is 1. The fraction of sp³-hybridized carbons (Fsp3) is 0.357. The van der Waals surface area contributed by atoms with Crippen LogP contribution in [0, 0.1) is 6.92 Å². The Hall–Kier alpha value is -1.75. The van der Waals surface area contributed by atoms with Crippen LogP contribution in [0.2, 0.25) is 0 Å². The van der Waals surface area contributed by atoms with E-state index in [1.54, 1.807) is 11.1 Å². The van der Waals surface area contributed by atoms with Gasteiger partial charge in [-0.15, -0.1) is 11.3 Å². The minimum absolute atomic E-state index is 0.0205. The minimum Gasteiger partial charge on any atom is -0.339 e. The van der Waals surface area contributed by atoms with Crippen molar-refractivity contribution in [3.63, 3.8) is 0 Å². The fourth-order valence-electron chi connectivity index (χ4n) is 1.59. The molecule has 0 saturated carbocycles. The van der Waals surface area contributed by atoms with Crippen LogP contribution in [-0.4, -0.2) is 33.9 Å². The van der Waals surface area contributed by atoms with Crippen LogP contribution in [0.5, 0.6) is 0 Å². The van der Waals surface area contributed by atoms with Crippen molar-refractivity contribution in [2.45, 2.75) is 26.8 Å². The van der Waals surface area contributed by atoms with E-state index in [-0.39, 0.29) is 11.9 Å². The lowest BCUT2D eigenvalue weighted by molar-refractivity contribution is 0.0759. The predicted molar refractivity (Wildman–Crippen MR) is 77.3 cm³/mol. The molecule has 0 aliphatic heterocycles. The van der Waals surface area contributed by atoms with Crippen molar-refractivity contribution >= 4 is 17.2 Å². The Labute approximate surface area is 117 Å². The Morgan fingerprint density at radius 1 is 1.37 bits per heavy atom. The van der Waals surface area contributed by atoms with Gasteiger partial charge < -0.3 is 4.90 Å². The number of hydrogen-bond donors (Lipinski definition) is 0. The quantitative estimate of drug-likeness (QED) is 0.865. The van der Waals surface area contributed by atoms with Crippen molar-refractivity contribution in [1.29, 1.82) is 0 Å². The number of pyridine rings is 1. The zero-order valence-electron chi connectivity index (χ0n) is 11.5. The first kappa shape index (κ1) is 13.7. The molecule has 0 bridgehead atoms. The summed E-state index contributed by atoms with van der Waals surface area (Å²) in [4.78, 5) is 23.5. The first-order valence-electron chi connectivity index (χ1n) is 6.16. The molecule has 100 valence electrons. The van der Waals surface area contributed by atoms with E-state index in [4.69, 9.17) is 0 Å². The number of aryl methyl sites for hydroxylation is 1. The van der Waals surface area contributed by atoms with E-state index in [9.17, 15) is 4.79 Å². The van der Waals surface area contributed by atoms with Crippen molar-refractivity contribution in [2.24, 2.45) is 0 Å². The number of amides is 1. The van der Waals surface area contributed by atoms with Crippen molar-refractivity contribution < 1.29 is 4.79 Å². The van der Waals surface area contributed by atoms with Gasteiger partial charge in [0.2, 0.25) is 0 Å². The number of nitrogens with zero attached hydrogens (tertiary/aromatic N) is 3. The van der Waals surface area contributed by atoms with Crippen LogP contribution in [0.25, 0.3) is 10.7 Å². The molecule has 0 spiro atoms. The molecule has 2 heterocycles. The molecule has 2 aromatic rings. The third kappa shape index (κ3) is 2.81. The summed E-state index contributed by atoms with van der Waals surface area (Å²) in [5.41, 5.74) is 1.57. The fourth-order valence-corrected chi connectivity index (χ4v) is 2.61. The van der Waals surface area contributed by atoms with Crippen LogP contribution in [0.15, 0.2) is 24.4 Å². The van der Waals surface area contributed by atoms with E-state index in [1.165, 1.54) is 11.3 Å². The van der Waals surface area contributed by atoms with Gasteiger partial charge in [-0.1, -0.05) is 6.07 Å². The van der Waals surface area contributed by atoms with E-state index in [1.807, 2.05) is 46.0 Å². The highest BCUT2D eigenvalue weighted by Gasteiger charge is 2.21. The second kappa shape index (κ2) is 5.48. The lowest BCUT2D eigenvalue weighted by Gasteiger charge is -2.20. The topological polar surface area (TPSA) is 46.1 Å². The summed E-state index contributed by atoms with van der Waals surface area (Å²) in [5.74, 6) is 0.0205. The minimum atomic E-state index is 0.0205. The van der Waals surface area contributed by atoms with Gasteiger partial charge in [0, 0.05) is 19.3 Å². The molecule has 0 aliphatic rings. The van der Waals surface area contributed by atoms with Gasteiger partial charge in [-0.25, -0.2) is 4.98 Å². The van der Waals surface area contributed by atoms with Gasteiger partial charge in [0.1, 0.15) is 9.88 Å². The Morgan fingerprint density at radius 3 is 2.68 bits per heavy atom. The average Bonchev–Trinajstić information content (AvgIpc) is 2.80. The van der Waals surface area contributed by atoms with Crippen LogP contribution < -0.4 is 0 Å². The van der Waals surface area contributed by atoms with Gasteiger partial charge in [-0.05, 0) is 32.9 Å². The molecule has 5 heteroatoms. The van der Waals surface area contributed by atoms with E-state index < -0.39 is 0 Å². The molecule has 2 aromatic heterocycles. The highest BCUT2D eigenvalue weighted by molar-refractivity contribution is 7.17. The Morgan fingerprint density at radius 2 is 2.11 bits per heavy atom. The van der Waals surface area contributed by atoms with E-state index >= 15 is 0 Å². The third-order valence-corrected chi connectivity index (χ3v) is 4.14. The van der Waals surface area contributed by atoms with Gasteiger partial charge in [-0.2, -0.15) is 0 Å². The molecule has 0 aliphatic carbocycles. The molecular weight excluding hydrogens is 258 g/mol. The Bertz CT molecular complexity index is 578. The van der Waals surface area contributed by atoms with Gasteiger partial charge in [0.05, 0.1) is 11.4 Å². The summed E-state index contributed by atoms with van der Waals surface area (Å²) < 4.78 is 0. The molecule has 0 radical (unpaired) electrons. The molecule has 19 heavy (non-hydrogen) atoms. The normalized spacial score (nSPS) is 10.8. The summed E-state index contributed by atoms with van der Waals surface area (Å²) in [5, 5.41) is 0.790. The Balaban J connectivity index is 2.35. The van der Waals surface area contributed by atoms with E-state index in [2.05, 4.69) is 9.97 Å². The van der Waals surface area contributed by atoms with Gasteiger partial charge in [-0.3, -0.25) is 9.78 Å². The second-order valence-corrected chi connectivity index (χ2v) is 5.66. The van der Waals surface area contributed by atoms with Crippen molar-refractivity contribution in [3.8, 4) is 10.7 Å². The number of hydrogen-bond acceptors (Lipinski definition) is 4. The summed E-state index contributed by atoms with van der Waals surface area (Å²) >= 11 is 1.40. The molecule has 1 amide bonds. The number of carbonyl (C=O) groups is 1. The van der Waals surface area contributed by atoms with Crippen molar-refractivity contribution in [3.05, 3.63) is 35.0 Å². The average molecular weight is 275 g/mol. The molecule has 0 N–H and O–H groups in total. The second-order valence-electron chi connectivity index (χ2n) is 4.66. The highest BCUT2D eigenvalue weighted by atomic mass is 32.1. The highest BCUT2D eigenvalue weighted by Crippen LogP contribution is 2.27. The van der Waals surface area contributed by atoms with Crippen molar-refractivity contribution in [2.75, 3.05) is 7.05 Å². The number of aromatic nitrogens is 2. The number of rotatable bonds is 3. The van der Waals surface area contributed by atoms with Crippen LogP contribution in [0.4, 0.5) is 0 Å². The van der Waals surface area contributed by atoms with Crippen LogP contribution in [0.3, 0.4) is 0 Å². The van der Waals surface area contributed by atoms with Crippen LogP contribution in [-0.2, 0) is 0 Å². The summed E-state index contributed by atoms with van der Waals surface area (Å²) in [6, 6.07) is 5.86. The standard InChI is InChI=1S/C14H17N3OS/c1-9(2)17(4)14(18)12-10(3)16-13(19-12)11-7-5-6-8-15-11/h5-9H,1-4H3. The maximum absolute atomic E-state index is 12.3. The molecule has 0 unspecified atom stereocenters. The molecule has 0 saturated heterocycles. The molecule has 0 fully saturated rings. The lowest BCUT2D eigenvalue weighted by atomic mass is 10.3. The van der Waals surface area contributed by atoms with Crippen LogP contribution in [0.1, 0.15) is 29.2 Å². The first-order chi connectivity index (χ1) is 9.00. The largest absolute Gasteiger partial charge is 0.339 e. The summed E-state index contributed by atoms with van der Waals surface area (Å²) in [6.07, 6.45) is 1.73. The van der Waals surface area contributed by atoms with Gasteiger partial charge in [0.15, 0.2) is 0 Å². The van der Waals surface area contributed by atoms with E-state index in [0.717, 1.165) is 16.4 Å². The van der Waals surface area contributed by atoms with E-state index in [0.29, 0.717) is 4.88 Å². The maximum atomic E-state index is 12.3. The number of thiazole rings is 1. The molecule has 0 aromatic carbocycles. The Kier molecular flexibility index (Phi) is 3.95. The summed E-state index contributed by atoms with van der Waals surface area (Å²) in [7, 11) is 1.81. The monoisotopic (exact) mass is 275 g/mol. The molecule has 4 nitrogen and oxygen atoms in total. The molecule has 0 atom stereocenters. The SMILES string of the molecule is Cc1nc(-c2ccccn2)sc1C(=O)N(C)C(C)C. The molecular formula is C14H17N3OS. The third-order valence-electron chi connectivity index (χ3n) is 2.97. The first-order valence-corrected chi connectivity index (χ1v) is 6.98.